The Hall–Kier alpha value is -3.76. The average molecular weight is 495 g/mol. The molecule has 0 atom stereocenters. The van der Waals surface area contributed by atoms with Crippen molar-refractivity contribution in [2.45, 2.75) is 12.8 Å². The van der Waals surface area contributed by atoms with E-state index in [9.17, 15) is 19.2 Å². The van der Waals surface area contributed by atoms with E-state index in [2.05, 4.69) is 10.9 Å². The standard InChI is InChI=1S/C24H22N4O4S2/c29-19(21-7-3-11-33-21)15-27-9-1-5-17(13-27)23(31)25-26-24(32)18-6-2-10-28(14-18)16-20(30)22-8-4-12-34-22/h1-4,7-14H,5-6,15-16H2,(H,25,31)(H,26,32). The number of nitrogens with one attached hydrogen (secondary N) is 2. The van der Waals surface area contributed by atoms with Gasteiger partial charge in [0.05, 0.1) is 22.8 Å². The monoisotopic (exact) mass is 494 g/mol. The Labute approximate surface area is 204 Å². The third-order valence-electron chi connectivity index (χ3n) is 5.03. The summed E-state index contributed by atoms with van der Waals surface area (Å²) < 4.78 is 0. The second kappa shape index (κ2) is 10.9. The molecule has 2 N–H and O–H groups in total. The molecule has 2 amide bonds. The topological polar surface area (TPSA) is 98.8 Å². The second-order valence-corrected chi connectivity index (χ2v) is 9.44. The van der Waals surface area contributed by atoms with Crippen LogP contribution in [0.2, 0.25) is 0 Å². The number of carbonyl (C=O) groups is 4. The van der Waals surface area contributed by atoms with Crippen molar-refractivity contribution >= 4 is 46.1 Å². The summed E-state index contributed by atoms with van der Waals surface area (Å²) in [6.45, 7) is 0.249. The number of hydrogen-bond donors (Lipinski definition) is 2. The predicted molar refractivity (Wildman–Crippen MR) is 131 cm³/mol. The minimum absolute atomic E-state index is 0.0368. The highest BCUT2D eigenvalue weighted by Gasteiger charge is 2.19. The number of ketones is 2. The van der Waals surface area contributed by atoms with E-state index < -0.39 is 11.8 Å². The van der Waals surface area contributed by atoms with Gasteiger partial charge in [-0.1, -0.05) is 24.3 Å². The van der Waals surface area contributed by atoms with E-state index in [1.165, 1.54) is 22.7 Å². The van der Waals surface area contributed by atoms with Gasteiger partial charge < -0.3 is 9.80 Å². The van der Waals surface area contributed by atoms with Gasteiger partial charge in [-0.3, -0.25) is 30.0 Å². The van der Waals surface area contributed by atoms with Gasteiger partial charge in [-0.2, -0.15) is 0 Å². The molecule has 174 valence electrons. The van der Waals surface area contributed by atoms with E-state index in [1.54, 1.807) is 58.9 Å². The van der Waals surface area contributed by atoms with Crippen LogP contribution in [0.5, 0.6) is 0 Å². The van der Waals surface area contributed by atoms with Crippen LogP contribution in [-0.4, -0.2) is 46.3 Å². The molecule has 8 nitrogen and oxygen atoms in total. The SMILES string of the molecule is O=C(NNC(=O)C1=CN(CC(=O)c2cccs2)C=CC1)C1=CN(CC(=O)c2cccs2)C=CC1. The summed E-state index contributed by atoms with van der Waals surface area (Å²) in [5.41, 5.74) is 5.70. The minimum atomic E-state index is -0.456. The van der Waals surface area contributed by atoms with Crippen molar-refractivity contribution in [3.63, 3.8) is 0 Å². The average Bonchev–Trinajstić information content (AvgIpc) is 3.57. The quantitative estimate of drug-likeness (QED) is 0.432. The number of hydrazine groups is 1. The van der Waals surface area contributed by atoms with Gasteiger partial charge in [-0.05, 0) is 35.7 Å². The first kappa shape index (κ1) is 23.4. The van der Waals surface area contributed by atoms with Crippen LogP contribution in [0.3, 0.4) is 0 Å². The number of rotatable bonds is 8. The molecule has 4 heterocycles. The highest BCUT2D eigenvalue weighted by Crippen LogP contribution is 2.17. The molecule has 0 unspecified atom stereocenters. The third-order valence-corrected chi connectivity index (χ3v) is 6.85. The van der Waals surface area contributed by atoms with Crippen LogP contribution < -0.4 is 10.9 Å². The molecule has 0 saturated carbocycles. The van der Waals surface area contributed by atoms with Gasteiger partial charge >= 0.3 is 0 Å². The van der Waals surface area contributed by atoms with Crippen molar-refractivity contribution in [2.24, 2.45) is 0 Å². The Morgan fingerprint density at radius 1 is 0.735 bits per heavy atom. The molecule has 10 heteroatoms. The molecule has 2 aromatic heterocycles. The van der Waals surface area contributed by atoms with Crippen LogP contribution in [0.25, 0.3) is 0 Å². The first-order chi connectivity index (χ1) is 16.5. The predicted octanol–water partition coefficient (Wildman–Crippen LogP) is 3.23. The number of amides is 2. The summed E-state index contributed by atoms with van der Waals surface area (Å²) in [7, 11) is 0. The number of thiophene rings is 2. The van der Waals surface area contributed by atoms with Gasteiger partial charge in [0.2, 0.25) is 0 Å². The molecular weight excluding hydrogens is 472 g/mol. The smallest absolute Gasteiger partial charge is 0.267 e. The Morgan fingerprint density at radius 2 is 1.18 bits per heavy atom. The second-order valence-electron chi connectivity index (χ2n) is 7.54. The van der Waals surface area contributed by atoms with Crippen molar-refractivity contribution < 1.29 is 19.2 Å². The summed E-state index contributed by atoms with van der Waals surface area (Å²) in [4.78, 5) is 54.4. The zero-order chi connectivity index (χ0) is 23.9. The van der Waals surface area contributed by atoms with E-state index in [1.807, 2.05) is 22.9 Å². The molecule has 0 radical (unpaired) electrons. The summed E-state index contributed by atoms with van der Waals surface area (Å²) in [6.07, 6.45) is 11.1. The van der Waals surface area contributed by atoms with Crippen molar-refractivity contribution in [3.8, 4) is 0 Å². The zero-order valence-corrected chi connectivity index (χ0v) is 19.7. The van der Waals surface area contributed by atoms with Crippen LogP contribution in [0, 0.1) is 0 Å². The molecule has 0 bridgehead atoms. The maximum Gasteiger partial charge on any atom is 0.267 e. The van der Waals surface area contributed by atoms with Crippen LogP contribution in [0.15, 0.2) is 83.1 Å². The lowest BCUT2D eigenvalue weighted by Gasteiger charge is -2.21. The van der Waals surface area contributed by atoms with Gasteiger partial charge in [0.1, 0.15) is 0 Å². The summed E-state index contributed by atoms with van der Waals surface area (Å²) in [6, 6.07) is 7.17. The molecule has 34 heavy (non-hydrogen) atoms. The fourth-order valence-corrected chi connectivity index (χ4v) is 4.67. The fraction of sp³-hybridized carbons (Fsp3) is 0.167. The molecule has 2 aliphatic rings. The van der Waals surface area contributed by atoms with E-state index in [-0.39, 0.29) is 24.7 Å². The molecule has 0 spiro atoms. The van der Waals surface area contributed by atoms with E-state index in [4.69, 9.17) is 0 Å². The summed E-state index contributed by atoms with van der Waals surface area (Å²) >= 11 is 2.75. The Bertz CT molecular complexity index is 1100. The third kappa shape index (κ3) is 5.97. The van der Waals surface area contributed by atoms with Gasteiger partial charge in [0.25, 0.3) is 11.8 Å². The van der Waals surface area contributed by atoms with E-state index >= 15 is 0 Å². The molecule has 0 saturated heterocycles. The molecule has 2 aromatic rings. The van der Waals surface area contributed by atoms with Gasteiger partial charge in [-0.25, -0.2) is 0 Å². The molecular formula is C24H22N4O4S2. The first-order valence-electron chi connectivity index (χ1n) is 10.5. The van der Waals surface area contributed by atoms with Crippen LogP contribution in [0.4, 0.5) is 0 Å². The van der Waals surface area contributed by atoms with Crippen LogP contribution >= 0.6 is 22.7 Å². The maximum atomic E-state index is 12.6. The lowest BCUT2D eigenvalue weighted by Crippen LogP contribution is -2.44. The Balaban J connectivity index is 1.29. The van der Waals surface area contributed by atoms with Crippen molar-refractivity contribution in [2.75, 3.05) is 13.1 Å². The largest absolute Gasteiger partial charge is 0.346 e. The molecule has 4 rings (SSSR count). The summed E-state index contributed by atoms with van der Waals surface area (Å²) in [5.74, 6) is -0.985. The van der Waals surface area contributed by atoms with Gasteiger partial charge in [0.15, 0.2) is 11.6 Å². The van der Waals surface area contributed by atoms with Gasteiger partial charge in [0, 0.05) is 35.9 Å². The van der Waals surface area contributed by atoms with Gasteiger partial charge in [-0.15, -0.1) is 22.7 Å². The molecule has 0 aromatic carbocycles. The molecule has 0 aliphatic carbocycles. The van der Waals surface area contributed by atoms with E-state index in [0.717, 1.165) is 0 Å². The fourth-order valence-electron chi connectivity index (χ4n) is 3.36. The summed E-state index contributed by atoms with van der Waals surface area (Å²) in [5, 5.41) is 3.68. The Kier molecular flexibility index (Phi) is 7.51. The first-order valence-corrected chi connectivity index (χ1v) is 12.3. The van der Waals surface area contributed by atoms with Crippen LogP contribution in [0.1, 0.15) is 32.2 Å². The number of carbonyl (C=O) groups excluding carboxylic acids is 4. The van der Waals surface area contributed by atoms with Crippen molar-refractivity contribution in [1.29, 1.82) is 0 Å². The number of hydrogen-bond acceptors (Lipinski definition) is 8. The van der Waals surface area contributed by atoms with E-state index in [0.29, 0.717) is 33.7 Å². The number of nitrogens with zero attached hydrogens (tertiary/aromatic N) is 2. The molecule has 0 fully saturated rings. The Morgan fingerprint density at radius 3 is 1.56 bits per heavy atom. The van der Waals surface area contributed by atoms with Crippen molar-refractivity contribution in [1.82, 2.24) is 20.7 Å². The normalized spacial score (nSPS) is 14.9. The highest BCUT2D eigenvalue weighted by molar-refractivity contribution is 7.12. The lowest BCUT2D eigenvalue weighted by atomic mass is 10.1. The highest BCUT2D eigenvalue weighted by atomic mass is 32.1. The maximum absolute atomic E-state index is 12.6. The lowest BCUT2D eigenvalue weighted by molar-refractivity contribution is -0.125. The minimum Gasteiger partial charge on any atom is -0.346 e. The number of allylic oxidation sites excluding steroid dienone is 2. The van der Waals surface area contributed by atoms with Crippen molar-refractivity contribution in [3.05, 3.63) is 92.9 Å². The number of Topliss-reactive ketones (excluding diaryl/α,β-unsaturated/α-hetero) is 2. The zero-order valence-electron chi connectivity index (χ0n) is 18.1. The molecule has 2 aliphatic heterocycles. The van der Waals surface area contributed by atoms with Crippen LogP contribution in [-0.2, 0) is 9.59 Å².